The minimum Gasteiger partial charge on any atom is -0.465 e. The maximum atomic E-state index is 10.7. The standard InChI is InChI=1S/C6H8ClNO4/c1-11-5(9)3(7)4(8)6(10)12-2/h8H2,1-2H3/b4-3-. The van der Waals surface area contributed by atoms with Gasteiger partial charge in [-0.1, -0.05) is 11.6 Å². The maximum absolute atomic E-state index is 10.7. The van der Waals surface area contributed by atoms with E-state index in [1.807, 2.05) is 0 Å². The van der Waals surface area contributed by atoms with Crippen LogP contribution in [0.2, 0.25) is 0 Å². The molecule has 68 valence electrons. The van der Waals surface area contributed by atoms with Crippen molar-refractivity contribution < 1.29 is 19.1 Å². The molecule has 6 heteroatoms. The highest BCUT2D eigenvalue weighted by Crippen LogP contribution is 2.07. The van der Waals surface area contributed by atoms with E-state index in [0.717, 1.165) is 14.2 Å². The molecule has 0 fully saturated rings. The summed E-state index contributed by atoms with van der Waals surface area (Å²) in [5.74, 6) is -1.75. The number of hydrogen-bond donors (Lipinski definition) is 1. The molecule has 0 aliphatic heterocycles. The lowest BCUT2D eigenvalue weighted by molar-refractivity contribution is -0.138. The van der Waals surface area contributed by atoms with E-state index < -0.39 is 22.7 Å². The second-order valence-corrected chi connectivity index (χ2v) is 2.09. The Labute approximate surface area is 74.1 Å². The van der Waals surface area contributed by atoms with Crippen LogP contribution < -0.4 is 5.73 Å². The number of carbonyl (C=O) groups excluding carboxylic acids is 2. The van der Waals surface area contributed by atoms with Gasteiger partial charge in [-0.3, -0.25) is 0 Å². The van der Waals surface area contributed by atoms with Gasteiger partial charge in [0.25, 0.3) is 0 Å². The minimum atomic E-state index is -0.875. The van der Waals surface area contributed by atoms with Gasteiger partial charge in [-0.25, -0.2) is 9.59 Å². The van der Waals surface area contributed by atoms with E-state index in [0.29, 0.717) is 0 Å². The SMILES string of the molecule is COC(=O)/C(N)=C(/Cl)C(=O)OC. The van der Waals surface area contributed by atoms with Crippen molar-refractivity contribution in [2.45, 2.75) is 0 Å². The Morgan fingerprint density at radius 2 is 1.58 bits per heavy atom. The van der Waals surface area contributed by atoms with E-state index in [1.165, 1.54) is 0 Å². The zero-order chi connectivity index (χ0) is 9.72. The molecule has 0 aliphatic carbocycles. The Balaban J connectivity index is 4.68. The fourth-order valence-electron chi connectivity index (χ4n) is 0.399. The van der Waals surface area contributed by atoms with Crippen LogP contribution in [-0.2, 0) is 19.1 Å². The van der Waals surface area contributed by atoms with Gasteiger partial charge in [0, 0.05) is 0 Å². The molecule has 0 saturated heterocycles. The van der Waals surface area contributed by atoms with E-state index in [9.17, 15) is 9.59 Å². The summed E-state index contributed by atoms with van der Waals surface area (Å²) < 4.78 is 8.43. The average molecular weight is 194 g/mol. The van der Waals surface area contributed by atoms with Crippen molar-refractivity contribution in [2.75, 3.05) is 14.2 Å². The monoisotopic (exact) mass is 193 g/mol. The lowest BCUT2D eigenvalue weighted by Gasteiger charge is -2.01. The van der Waals surface area contributed by atoms with Gasteiger partial charge in [0.05, 0.1) is 14.2 Å². The van der Waals surface area contributed by atoms with Gasteiger partial charge < -0.3 is 15.2 Å². The van der Waals surface area contributed by atoms with Crippen molar-refractivity contribution in [3.8, 4) is 0 Å². The van der Waals surface area contributed by atoms with Gasteiger partial charge in [0.2, 0.25) is 0 Å². The second kappa shape index (κ2) is 4.61. The Morgan fingerprint density at radius 3 is 1.92 bits per heavy atom. The Hall–Kier alpha value is -1.23. The molecule has 0 aliphatic rings. The van der Waals surface area contributed by atoms with E-state index in [1.54, 1.807) is 0 Å². The smallest absolute Gasteiger partial charge is 0.355 e. The Kier molecular flexibility index (Phi) is 4.14. The number of hydrogen-bond acceptors (Lipinski definition) is 5. The van der Waals surface area contributed by atoms with Crippen LogP contribution in [0.4, 0.5) is 0 Å². The number of ether oxygens (including phenoxy) is 2. The van der Waals surface area contributed by atoms with Gasteiger partial charge in [0.1, 0.15) is 5.70 Å². The fourth-order valence-corrected chi connectivity index (χ4v) is 0.553. The first-order valence-corrected chi connectivity index (χ1v) is 3.24. The predicted molar refractivity (Wildman–Crippen MR) is 41.1 cm³/mol. The number of rotatable bonds is 2. The number of methoxy groups -OCH3 is 2. The first kappa shape index (κ1) is 10.8. The summed E-state index contributed by atoms with van der Waals surface area (Å²) in [7, 11) is 2.24. The zero-order valence-electron chi connectivity index (χ0n) is 6.59. The number of halogens is 1. The molecule has 2 N–H and O–H groups in total. The number of esters is 2. The third-order valence-electron chi connectivity index (χ3n) is 1.01. The van der Waals surface area contributed by atoms with Gasteiger partial charge in [-0.2, -0.15) is 0 Å². The molecule has 0 heterocycles. The highest BCUT2D eigenvalue weighted by atomic mass is 35.5. The summed E-state index contributed by atoms with van der Waals surface area (Å²) in [6.45, 7) is 0. The first-order chi connectivity index (χ1) is 5.54. The highest BCUT2D eigenvalue weighted by molar-refractivity contribution is 6.43. The molecular weight excluding hydrogens is 186 g/mol. The van der Waals surface area contributed by atoms with Gasteiger partial charge >= 0.3 is 11.9 Å². The largest absolute Gasteiger partial charge is 0.465 e. The van der Waals surface area contributed by atoms with E-state index >= 15 is 0 Å². The Morgan fingerprint density at radius 1 is 1.17 bits per heavy atom. The molecule has 0 amide bonds. The normalized spacial score (nSPS) is 11.6. The van der Waals surface area contributed by atoms with Crippen LogP contribution in [0, 0.1) is 0 Å². The van der Waals surface area contributed by atoms with Crippen LogP contribution in [0.5, 0.6) is 0 Å². The van der Waals surface area contributed by atoms with Crippen LogP contribution in [0.1, 0.15) is 0 Å². The van der Waals surface area contributed by atoms with Crippen LogP contribution in [0.15, 0.2) is 10.7 Å². The summed E-state index contributed by atoms with van der Waals surface area (Å²) in [6.07, 6.45) is 0. The fraction of sp³-hybridized carbons (Fsp3) is 0.333. The molecule has 5 nitrogen and oxygen atoms in total. The quantitative estimate of drug-likeness (QED) is 0.483. The summed E-state index contributed by atoms with van der Waals surface area (Å²) in [6, 6.07) is 0. The molecule has 0 radical (unpaired) electrons. The predicted octanol–water partition coefficient (Wildman–Crippen LogP) is -0.259. The van der Waals surface area contributed by atoms with Gasteiger partial charge in [0.15, 0.2) is 5.03 Å². The number of carbonyl (C=O) groups is 2. The first-order valence-electron chi connectivity index (χ1n) is 2.86. The summed E-state index contributed by atoms with van der Waals surface area (Å²) in [5.41, 5.74) is 4.65. The van der Waals surface area contributed by atoms with Crippen LogP contribution in [-0.4, -0.2) is 26.2 Å². The van der Waals surface area contributed by atoms with Gasteiger partial charge in [-0.15, -0.1) is 0 Å². The Bertz CT molecular complexity index is 212. The van der Waals surface area contributed by atoms with Gasteiger partial charge in [-0.05, 0) is 0 Å². The molecule has 0 saturated carbocycles. The third kappa shape index (κ3) is 2.43. The maximum Gasteiger partial charge on any atom is 0.355 e. The summed E-state index contributed by atoms with van der Waals surface area (Å²) in [5, 5.41) is -0.482. The van der Waals surface area contributed by atoms with Crippen LogP contribution in [0.25, 0.3) is 0 Å². The van der Waals surface area contributed by atoms with Crippen molar-refractivity contribution in [3.63, 3.8) is 0 Å². The molecule has 0 bridgehead atoms. The molecular formula is C6H8ClNO4. The topological polar surface area (TPSA) is 78.6 Å². The van der Waals surface area contributed by atoms with Crippen molar-refractivity contribution in [1.29, 1.82) is 0 Å². The molecule has 0 unspecified atom stereocenters. The van der Waals surface area contributed by atoms with Crippen LogP contribution in [0.3, 0.4) is 0 Å². The van der Waals surface area contributed by atoms with Crippen molar-refractivity contribution in [3.05, 3.63) is 10.7 Å². The lowest BCUT2D eigenvalue weighted by Crippen LogP contribution is -2.18. The lowest BCUT2D eigenvalue weighted by atomic mass is 10.4. The molecule has 0 aromatic carbocycles. The van der Waals surface area contributed by atoms with E-state index in [-0.39, 0.29) is 0 Å². The zero-order valence-corrected chi connectivity index (χ0v) is 7.34. The summed E-state index contributed by atoms with van der Waals surface area (Å²) in [4.78, 5) is 21.4. The molecule has 0 spiro atoms. The van der Waals surface area contributed by atoms with E-state index in [4.69, 9.17) is 17.3 Å². The molecule has 0 atom stereocenters. The van der Waals surface area contributed by atoms with E-state index in [2.05, 4.69) is 9.47 Å². The minimum absolute atomic E-state index is 0.467. The van der Waals surface area contributed by atoms with Crippen molar-refractivity contribution in [1.82, 2.24) is 0 Å². The molecule has 0 aromatic rings. The van der Waals surface area contributed by atoms with Crippen molar-refractivity contribution >= 4 is 23.5 Å². The second-order valence-electron chi connectivity index (χ2n) is 1.71. The molecule has 12 heavy (non-hydrogen) atoms. The van der Waals surface area contributed by atoms with Crippen molar-refractivity contribution in [2.24, 2.45) is 5.73 Å². The number of nitrogens with two attached hydrogens (primary N) is 1. The summed E-state index contributed by atoms with van der Waals surface area (Å²) >= 11 is 5.33. The third-order valence-corrected chi connectivity index (χ3v) is 1.36. The van der Waals surface area contributed by atoms with Crippen LogP contribution >= 0.6 is 11.6 Å². The highest BCUT2D eigenvalue weighted by Gasteiger charge is 2.17. The molecule has 0 rings (SSSR count). The molecule has 0 aromatic heterocycles. The average Bonchev–Trinajstić information content (AvgIpc) is 2.12.